The molecule has 1 saturated heterocycles. The molecule has 0 bridgehead atoms. The molecular formula is C21H24N4O2S. The Bertz CT molecular complexity index is 1020. The SMILES string of the molecule is CC(=O)c1cccc(Nc2nc(CN3CCOCC3)nc3sc(C)c(C)c23)c1. The lowest BCUT2D eigenvalue weighted by Crippen LogP contribution is -2.36. The number of fused-ring (bicyclic) bond motifs is 1. The smallest absolute Gasteiger partial charge is 0.159 e. The molecule has 0 radical (unpaired) electrons. The molecule has 0 unspecified atom stereocenters. The number of benzene rings is 1. The zero-order chi connectivity index (χ0) is 19.7. The summed E-state index contributed by atoms with van der Waals surface area (Å²) in [5, 5.41) is 4.49. The lowest BCUT2D eigenvalue weighted by molar-refractivity contribution is 0.0331. The highest BCUT2D eigenvalue weighted by molar-refractivity contribution is 7.18. The average molecular weight is 397 g/mol. The van der Waals surface area contributed by atoms with Gasteiger partial charge in [0.05, 0.1) is 25.1 Å². The van der Waals surface area contributed by atoms with Gasteiger partial charge in [-0.1, -0.05) is 12.1 Å². The Hall–Kier alpha value is -2.35. The van der Waals surface area contributed by atoms with E-state index in [1.165, 1.54) is 10.4 Å². The van der Waals surface area contributed by atoms with Crippen molar-refractivity contribution < 1.29 is 9.53 Å². The summed E-state index contributed by atoms with van der Waals surface area (Å²) < 4.78 is 5.44. The quantitative estimate of drug-likeness (QED) is 0.655. The second kappa shape index (κ2) is 7.95. The van der Waals surface area contributed by atoms with Crippen LogP contribution in [0.4, 0.5) is 11.5 Å². The van der Waals surface area contributed by atoms with Crippen molar-refractivity contribution in [1.29, 1.82) is 0 Å². The number of aryl methyl sites for hydroxylation is 2. The number of nitrogens with one attached hydrogen (secondary N) is 1. The van der Waals surface area contributed by atoms with Crippen LogP contribution >= 0.6 is 11.3 Å². The van der Waals surface area contributed by atoms with Crippen LogP contribution in [0.5, 0.6) is 0 Å². The van der Waals surface area contributed by atoms with Crippen LogP contribution in [0, 0.1) is 13.8 Å². The number of carbonyl (C=O) groups is 1. The number of rotatable bonds is 5. The topological polar surface area (TPSA) is 67.4 Å². The first-order valence-electron chi connectivity index (χ1n) is 9.46. The van der Waals surface area contributed by atoms with Gasteiger partial charge in [-0.2, -0.15) is 0 Å². The van der Waals surface area contributed by atoms with E-state index in [-0.39, 0.29) is 5.78 Å². The normalized spacial score (nSPS) is 15.1. The molecule has 3 heterocycles. The number of Topliss-reactive ketones (excluding diaryl/α,β-unsaturated/α-hetero) is 1. The summed E-state index contributed by atoms with van der Waals surface area (Å²) in [5.74, 6) is 1.66. The molecule has 0 saturated carbocycles. The van der Waals surface area contributed by atoms with Crippen LogP contribution in [0.1, 0.15) is 33.5 Å². The van der Waals surface area contributed by atoms with Crippen molar-refractivity contribution in [2.45, 2.75) is 27.3 Å². The third kappa shape index (κ3) is 3.92. The molecule has 7 heteroatoms. The van der Waals surface area contributed by atoms with E-state index in [1.807, 2.05) is 24.3 Å². The van der Waals surface area contributed by atoms with Gasteiger partial charge in [-0.15, -0.1) is 11.3 Å². The molecule has 1 N–H and O–H groups in total. The minimum absolute atomic E-state index is 0.0482. The van der Waals surface area contributed by atoms with Gasteiger partial charge in [-0.3, -0.25) is 9.69 Å². The van der Waals surface area contributed by atoms with Gasteiger partial charge in [0.2, 0.25) is 0 Å². The number of anilines is 2. The monoisotopic (exact) mass is 396 g/mol. The molecule has 2 aromatic heterocycles. The van der Waals surface area contributed by atoms with Crippen molar-refractivity contribution in [1.82, 2.24) is 14.9 Å². The molecule has 3 aromatic rings. The fourth-order valence-corrected chi connectivity index (χ4v) is 4.41. The fraction of sp³-hybridized carbons (Fsp3) is 0.381. The molecule has 1 aliphatic heterocycles. The van der Waals surface area contributed by atoms with Gasteiger partial charge in [0.25, 0.3) is 0 Å². The molecule has 0 atom stereocenters. The summed E-state index contributed by atoms with van der Waals surface area (Å²) in [6.45, 7) is 9.80. The minimum atomic E-state index is 0.0482. The lowest BCUT2D eigenvalue weighted by Gasteiger charge is -2.25. The summed E-state index contributed by atoms with van der Waals surface area (Å²) in [4.78, 5) is 26.0. The van der Waals surface area contributed by atoms with Crippen LogP contribution in [-0.4, -0.2) is 47.0 Å². The van der Waals surface area contributed by atoms with E-state index >= 15 is 0 Å². The van der Waals surface area contributed by atoms with Gasteiger partial charge < -0.3 is 10.1 Å². The summed E-state index contributed by atoms with van der Waals surface area (Å²) in [5.41, 5.74) is 2.73. The molecular weight excluding hydrogens is 372 g/mol. The highest BCUT2D eigenvalue weighted by atomic mass is 32.1. The Labute approximate surface area is 168 Å². The van der Waals surface area contributed by atoms with Crippen LogP contribution in [0.3, 0.4) is 0 Å². The van der Waals surface area contributed by atoms with Crippen molar-refractivity contribution in [2.24, 2.45) is 0 Å². The molecule has 1 fully saturated rings. The Balaban J connectivity index is 1.72. The largest absolute Gasteiger partial charge is 0.379 e. The third-order valence-corrected chi connectivity index (χ3v) is 6.18. The molecule has 146 valence electrons. The summed E-state index contributed by atoms with van der Waals surface area (Å²) in [6.07, 6.45) is 0. The van der Waals surface area contributed by atoms with E-state index in [0.29, 0.717) is 12.1 Å². The van der Waals surface area contributed by atoms with Gasteiger partial charge in [-0.05, 0) is 38.5 Å². The van der Waals surface area contributed by atoms with E-state index in [4.69, 9.17) is 14.7 Å². The Morgan fingerprint density at radius 2 is 2.04 bits per heavy atom. The van der Waals surface area contributed by atoms with Gasteiger partial charge in [0, 0.05) is 29.2 Å². The molecule has 1 aromatic carbocycles. The maximum atomic E-state index is 11.7. The highest BCUT2D eigenvalue weighted by Gasteiger charge is 2.18. The molecule has 6 nitrogen and oxygen atoms in total. The maximum absolute atomic E-state index is 11.7. The maximum Gasteiger partial charge on any atom is 0.159 e. The van der Waals surface area contributed by atoms with E-state index in [1.54, 1.807) is 18.3 Å². The van der Waals surface area contributed by atoms with Gasteiger partial charge in [-0.25, -0.2) is 9.97 Å². The molecule has 4 rings (SSSR count). The van der Waals surface area contributed by atoms with E-state index in [9.17, 15) is 4.79 Å². The molecule has 0 amide bonds. The predicted octanol–water partition coefficient (Wildman–Crippen LogP) is 4.09. The van der Waals surface area contributed by atoms with Gasteiger partial charge in [0.15, 0.2) is 5.78 Å². The van der Waals surface area contributed by atoms with Crippen molar-refractivity contribution >= 4 is 38.8 Å². The van der Waals surface area contributed by atoms with Crippen molar-refractivity contribution in [3.8, 4) is 0 Å². The first-order valence-corrected chi connectivity index (χ1v) is 10.3. The molecule has 0 spiro atoms. The van der Waals surface area contributed by atoms with Crippen LogP contribution < -0.4 is 5.32 Å². The number of carbonyl (C=O) groups excluding carboxylic acids is 1. The first-order chi connectivity index (χ1) is 13.5. The molecule has 1 aliphatic rings. The lowest BCUT2D eigenvalue weighted by atomic mass is 10.1. The zero-order valence-corrected chi connectivity index (χ0v) is 17.2. The van der Waals surface area contributed by atoms with Crippen LogP contribution in [0.25, 0.3) is 10.2 Å². The van der Waals surface area contributed by atoms with Crippen molar-refractivity contribution in [3.63, 3.8) is 0 Å². The fourth-order valence-electron chi connectivity index (χ4n) is 3.37. The number of ketones is 1. The first kappa shape index (κ1) is 19.0. The average Bonchev–Trinajstić information content (AvgIpc) is 2.97. The number of hydrogen-bond acceptors (Lipinski definition) is 7. The van der Waals surface area contributed by atoms with Crippen molar-refractivity contribution in [2.75, 3.05) is 31.6 Å². The van der Waals surface area contributed by atoms with Gasteiger partial charge in [0.1, 0.15) is 16.5 Å². The Kier molecular flexibility index (Phi) is 5.39. The predicted molar refractivity (Wildman–Crippen MR) is 113 cm³/mol. The van der Waals surface area contributed by atoms with E-state index in [2.05, 4.69) is 24.1 Å². The third-order valence-electron chi connectivity index (χ3n) is 5.08. The number of aromatic nitrogens is 2. The standard InChI is InChI=1S/C21H24N4O2S/c1-13-15(3)28-21-19(13)20(22-17-6-4-5-16(11-17)14(2)26)23-18(24-21)12-25-7-9-27-10-8-25/h4-6,11H,7-10,12H2,1-3H3,(H,22,23,24). The Morgan fingerprint density at radius 1 is 1.25 bits per heavy atom. The van der Waals surface area contributed by atoms with E-state index < -0.39 is 0 Å². The highest BCUT2D eigenvalue weighted by Crippen LogP contribution is 2.34. The minimum Gasteiger partial charge on any atom is -0.379 e. The summed E-state index contributed by atoms with van der Waals surface area (Å²) in [7, 11) is 0. The van der Waals surface area contributed by atoms with E-state index in [0.717, 1.165) is 53.8 Å². The van der Waals surface area contributed by atoms with Crippen molar-refractivity contribution in [3.05, 3.63) is 46.1 Å². The summed E-state index contributed by atoms with van der Waals surface area (Å²) >= 11 is 1.70. The number of hydrogen-bond donors (Lipinski definition) is 1. The number of morpholine rings is 1. The second-order valence-corrected chi connectivity index (χ2v) is 8.31. The zero-order valence-electron chi connectivity index (χ0n) is 16.4. The number of thiophene rings is 1. The number of nitrogens with zero attached hydrogens (tertiary/aromatic N) is 3. The van der Waals surface area contributed by atoms with Crippen LogP contribution in [-0.2, 0) is 11.3 Å². The van der Waals surface area contributed by atoms with Crippen LogP contribution in [0.15, 0.2) is 24.3 Å². The second-order valence-electron chi connectivity index (χ2n) is 7.10. The molecule has 0 aliphatic carbocycles. The van der Waals surface area contributed by atoms with Gasteiger partial charge >= 0.3 is 0 Å². The summed E-state index contributed by atoms with van der Waals surface area (Å²) in [6, 6.07) is 7.54. The molecule has 28 heavy (non-hydrogen) atoms. The number of ether oxygens (including phenoxy) is 1. The Morgan fingerprint density at radius 3 is 2.79 bits per heavy atom. The van der Waals surface area contributed by atoms with Crippen LogP contribution in [0.2, 0.25) is 0 Å².